The summed E-state index contributed by atoms with van der Waals surface area (Å²) in [6.07, 6.45) is 4.23. The molecule has 0 fully saturated rings. The Bertz CT molecular complexity index is 1640. The predicted octanol–water partition coefficient (Wildman–Crippen LogP) is 6.99. The van der Waals surface area contributed by atoms with Crippen molar-refractivity contribution in [3.63, 3.8) is 0 Å². The highest BCUT2D eigenvalue weighted by Crippen LogP contribution is 2.39. The molecule has 0 spiro atoms. The second kappa shape index (κ2) is 10.7. The van der Waals surface area contributed by atoms with E-state index in [0.29, 0.717) is 17.3 Å². The molecule has 1 aliphatic carbocycles. The predicted molar refractivity (Wildman–Crippen MR) is 147 cm³/mol. The summed E-state index contributed by atoms with van der Waals surface area (Å²) in [6, 6.07) is 24.7. The summed E-state index contributed by atoms with van der Waals surface area (Å²) >= 11 is 0. The zero-order chi connectivity index (χ0) is 26.6. The van der Waals surface area contributed by atoms with Crippen molar-refractivity contribution in [3.05, 3.63) is 102 Å². The van der Waals surface area contributed by atoms with Gasteiger partial charge in [-0.1, -0.05) is 54.6 Å². The summed E-state index contributed by atoms with van der Waals surface area (Å²) in [6.45, 7) is 0. The smallest absolute Gasteiger partial charge is 0.323 e. The standard InChI is InChI=1S/C30H25FN6O2/c31-24-13-5-6-14-25(24)32-30(38)33-26-18-20(21-10-3-4-12-23(21)29-34-36-37-35-29)16-17-28(26)39-27-15-7-9-19-8-1-2-11-22(19)27/h3-7,9-10,12-18H,1-2,8,11H2,(H2,32,33,38)(H,34,35,36,37). The van der Waals surface area contributed by atoms with E-state index in [4.69, 9.17) is 4.74 Å². The molecular weight excluding hydrogens is 495 g/mol. The molecule has 1 aliphatic rings. The number of para-hydroxylation sites is 1. The molecule has 0 aliphatic heterocycles. The first-order chi connectivity index (χ1) is 19.2. The van der Waals surface area contributed by atoms with Gasteiger partial charge in [0.15, 0.2) is 5.75 Å². The molecule has 0 bridgehead atoms. The molecule has 194 valence electrons. The molecule has 6 rings (SSSR count). The number of aryl methyl sites for hydroxylation is 1. The van der Waals surface area contributed by atoms with E-state index in [1.165, 1.54) is 23.3 Å². The summed E-state index contributed by atoms with van der Waals surface area (Å²) in [7, 11) is 0. The Morgan fingerprint density at radius 1 is 0.821 bits per heavy atom. The second-order valence-corrected chi connectivity index (χ2v) is 9.25. The van der Waals surface area contributed by atoms with E-state index in [1.807, 2.05) is 54.6 Å². The van der Waals surface area contributed by atoms with E-state index in [0.717, 1.165) is 48.1 Å². The van der Waals surface area contributed by atoms with Gasteiger partial charge in [0.2, 0.25) is 5.82 Å². The third-order valence-corrected chi connectivity index (χ3v) is 6.75. The van der Waals surface area contributed by atoms with Gasteiger partial charge in [0.25, 0.3) is 0 Å². The number of tetrazole rings is 1. The molecule has 39 heavy (non-hydrogen) atoms. The number of nitrogens with one attached hydrogen (secondary N) is 3. The van der Waals surface area contributed by atoms with Gasteiger partial charge in [-0.15, -0.1) is 10.2 Å². The highest BCUT2D eigenvalue weighted by molar-refractivity contribution is 6.01. The molecule has 2 amide bonds. The number of carbonyl (C=O) groups is 1. The van der Waals surface area contributed by atoms with Gasteiger partial charge < -0.3 is 15.4 Å². The van der Waals surface area contributed by atoms with Crippen LogP contribution in [-0.4, -0.2) is 26.7 Å². The van der Waals surface area contributed by atoms with Crippen molar-refractivity contribution in [1.82, 2.24) is 20.6 Å². The van der Waals surface area contributed by atoms with E-state index >= 15 is 0 Å². The zero-order valence-electron chi connectivity index (χ0n) is 20.9. The lowest BCUT2D eigenvalue weighted by molar-refractivity contribution is 0.262. The summed E-state index contributed by atoms with van der Waals surface area (Å²) in [5.74, 6) is 1.17. The lowest BCUT2D eigenvalue weighted by atomic mass is 9.91. The average molecular weight is 521 g/mol. The van der Waals surface area contributed by atoms with Crippen LogP contribution in [0.25, 0.3) is 22.5 Å². The number of aromatic nitrogens is 4. The third kappa shape index (κ3) is 5.19. The van der Waals surface area contributed by atoms with Crippen LogP contribution in [0.2, 0.25) is 0 Å². The highest BCUT2D eigenvalue weighted by Gasteiger charge is 2.18. The second-order valence-electron chi connectivity index (χ2n) is 9.25. The number of halogens is 1. The largest absolute Gasteiger partial charge is 0.455 e. The van der Waals surface area contributed by atoms with Gasteiger partial charge in [0.05, 0.1) is 11.4 Å². The number of anilines is 2. The lowest BCUT2D eigenvalue weighted by Gasteiger charge is -2.21. The number of amides is 2. The van der Waals surface area contributed by atoms with Crippen LogP contribution in [0.15, 0.2) is 84.9 Å². The van der Waals surface area contributed by atoms with Crippen LogP contribution in [0.5, 0.6) is 11.5 Å². The van der Waals surface area contributed by atoms with Crippen LogP contribution in [0, 0.1) is 5.82 Å². The molecule has 3 N–H and O–H groups in total. The Balaban J connectivity index is 1.38. The normalized spacial score (nSPS) is 12.4. The van der Waals surface area contributed by atoms with Gasteiger partial charge >= 0.3 is 6.03 Å². The minimum absolute atomic E-state index is 0.0770. The Morgan fingerprint density at radius 3 is 2.46 bits per heavy atom. The fraction of sp³-hybridized carbons (Fsp3) is 0.133. The maximum Gasteiger partial charge on any atom is 0.323 e. The SMILES string of the molecule is O=C(Nc1ccccc1F)Nc1cc(-c2ccccc2-c2nn[nH]n2)ccc1Oc1cccc2c1CCCC2. The number of fused-ring (bicyclic) bond motifs is 1. The number of rotatable bonds is 6. The first kappa shape index (κ1) is 24.3. The molecular formula is C30H25FN6O2. The Hall–Kier alpha value is -5.05. The number of nitrogens with zero attached hydrogens (tertiary/aromatic N) is 3. The minimum atomic E-state index is -0.594. The number of hydrogen-bond donors (Lipinski definition) is 3. The van der Waals surface area contributed by atoms with Crippen LogP contribution < -0.4 is 15.4 Å². The van der Waals surface area contributed by atoms with Gasteiger partial charge in [-0.3, -0.25) is 0 Å². The molecule has 0 atom stereocenters. The van der Waals surface area contributed by atoms with Crippen molar-refractivity contribution in [2.45, 2.75) is 25.7 Å². The first-order valence-electron chi connectivity index (χ1n) is 12.7. The van der Waals surface area contributed by atoms with Gasteiger partial charge in [-0.05, 0) is 83.5 Å². The quantitative estimate of drug-likeness (QED) is 0.224. The van der Waals surface area contributed by atoms with Crippen LogP contribution >= 0.6 is 0 Å². The summed E-state index contributed by atoms with van der Waals surface area (Å²) in [4.78, 5) is 13.0. The Labute approximate surface area is 224 Å². The number of H-pyrrole nitrogens is 1. The fourth-order valence-corrected chi connectivity index (χ4v) is 4.89. The van der Waals surface area contributed by atoms with Crippen molar-refractivity contribution >= 4 is 17.4 Å². The van der Waals surface area contributed by atoms with E-state index in [-0.39, 0.29) is 5.69 Å². The number of aromatic amines is 1. The van der Waals surface area contributed by atoms with E-state index in [2.05, 4.69) is 37.3 Å². The van der Waals surface area contributed by atoms with E-state index < -0.39 is 11.8 Å². The lowest BCUT2D eigenvalue weighted by Crippen LogP contribution is -2.20. The maximum atomic E-state index is 14.2. The molecule has 4 aromatic carbocycles. The van der Waals surface area contributed by atoms with Crippen LogP contribution in [0.4, 0.5) is 20.6 Å². The fourth-order valence-electron chi connectivity index (χ4n) is 4.89. The zero-order valence-corrected chi connectivity index (χ0v) is 20.9. The van der Waals surface area contributed by atoms with Crippen LogP contribution in [-0.2, 0) is 12.8 Å². The van der Waals surface area contributed by atoms with E-state index in [9.17, 15) is 9.18 Å². The molecule has 5 aromatic rings. The van der Waals surface area contributed by atoms with E-state index in [1.54, 1.807) is 12.1 Å². The van der Waals surface area contributed by atoms with Gasteiger partial charge in [-0.2, -0.15) is 5.21 Å². The summed E-state index contributed by atoms with van der Waals surface area (Å²) in [5.41, 5.74) is 5.41. The molecule has 0 saturated heterocycles. The molecule has 9 heteroatoms. The van der Waals surface area contributed by atoms with Crippen molar-refractivity contribution in [1.29, 1.82) is 0 Å². The van der Waals surface area contributed by atoms with Gasteiger partial charge in [0.1, 0.15) is 11.6 Å². The van der Waals surface area contributed by atoms with Gasteiger partial charge in [-0.25, -0.2) is 9.18 Å². The summed E-state index contributed by atoms with van der Waals surface area (Å²) < 4.78 is 20.6. The topological polar surface area (TPSA) is 105 Å². The minimum Gasteiger partial charge on any atom is -0.455 e. The molecule has 1 heterocycles. The maximum absolute atomic E-state index is 14.2. The Morgan fingerprint density at radius 2 is 1.62 bits per heavy atom. The number of hydrogen-bond acceptors (Lipinski definition) is 5. The summed E-state index contributed by atoms with van der Waals surface area (Å²) in [5, 5.41) is 19.9. The van der Waals surface area contributed by atoms with Crippen molar-refractivity contribution in [2.75, 3.05) is 10.6 Å². The number of urea groups is 1. The first-order valence-corrected chi connectivity index (χ1v) is 12.7. The van der Waals surface area contributed by atoms with Crippen molar-refractivity contribution < 1.29 is 13.9 Å². The monoisotopic (exact) mass is 520 g/mol. The van der Waals surface area contributed by atoms with Crippen molar-refractivity contribution in [2.24, 2.45) is 0 Å². The average Bonchev–Trinajstić information content (AvgIpc) is 3.51. The molecule has 0 unspecified atom stereocenters. The molecule has 1 aromatic heterocycles. The van der Waals surface area contributed by atoms with Crippen LogP contribution in [0.3, 0.4) is 0 Å². The number of carbonyl (C=O) groups excluding carboxylic acids is 1. The highest BCUT2D eigenvalue weighted by atomic mass is 19.1. The van der Waals surface area contributed by atoms with Crippen molar-refractivity contribution in [3.8, 4) is 34.0 Å². The Kier molecular flexibility index (Phi) is 6.69. The van der Waals surface area contributed by atoms with Gasteiger partial charge in [0, 0.05) is 5.56 Å². The molecule has 0 saturated carbocycles. The number of benzene rings is 4. The third-order valence-electron chi connectivity index (χ3n) is 6.75. The molecule has 8 nitrogen and oxygen atoms in total. The van der Waals surface area contributed by atoms with Crippen LogP contribution in [0.1, 0.15) is 24.0 Å². The molecule has 0 radical (unpaired) electrons. The number of ether oxygens (including phenoxy) is 1.